The van der Waals surface area contributed by atoms with E-state index in [9.17, 15) is 9.59 Å². The summed E-state index contributed by atoms with van der Waals surface area (Å²) >= 11 is 5.94. The monoisotopic (exact) mass is 383 g/mol. The number of hydrogen-bond donors (Lipinski definition) is 1. The summed E-state index contributed by atoms with van der Waals surface area (Å²) in [5.74, 6) is 0.265. The summed E-state index contributed by atoms with van der Waals surface area (Å²) in [6.45, 7) is 2.01. The third-order valence-corrected chi connectivity index (χ3v) is 5.24. The Kier molecular flexibility index (Phi) is 5.03. The largest absolute Gasteiger partial charge is 0.326 e. The second-order valence-corrected chi connectivity index (χ2v) is 7.58. The van der Waals surface area contributed by atoms with Crippen molar-refractivity contribution in [2.45, 2.75) is 25.8 Å². The molecule has 0 spiro atoms. The standard InChI is InChI=1S/C21H22ClN3O2/c22-17-6-2-15(3-7-17)14-24-12-1-13-25(21(24)27)19-10-8-18(9-11-19)23-20(26)16-4-5-16/h2-3,6-11,16H,1,4-5,12-14H2,(H,23,26). The molecule has 1 aliphatic heterocycles. The zero-order valence-corrected chi connectivity index (χ0v) is 15.8. The molecule has 1 saturated carbocycles. The third-order valence-electron chi connectivity index (χ3n) is 4.99. The van der Waals surface area contributed by atoms with Crippen molar-refractivity contribution < 1.29 is 9.59 Å². The van der Waals surface area contributed by atoms with E-state index in [-0.39, 0.29) is 17.9 Å². The maximum atomic E-state index is 12.9. The van der Waals surface area contributed by atoms with Crippen molar-refractivity contribution in [3.63, 3.8) is 0 Å². The second-order valence-electron chi connectivity index (χ2n) is 7.15. The van der Waals surface area contributed by atoms with Crippen LogP contribution in [0.1, 0.15) is 24.8 Å². The van der Waals surface area contributed by atoms with Crippen molar-refractivity contribution in [1.82, 2.24) is 4.90 Å². The molecule has 3 amide bonds. The van der Waals surface area contributed by atoms with Crippen LogP contribution in [0.4, 0.5) is 16.2 Å². The number of halogens is 1. The first-order chi connectivity index (χ1) is 13.1. The van der Waals surface area contributed by atoms with Crippen LogP contribution in [0.15, 0.2) is 48.5 Å². The van der Waals surface area contributed by atoms with Crippen molar-refractivity contribution in [1.29, 1.82) is 0 Å². The van der Waals surface area contributed by atoms with Crippen molar-refractivity contribution in [2.75, 3.05) is 23.3 Å². The van der Waals surface area contributed by atoms with Crippen molar-refractivity contribution in [2.24, 2.45) is 5.92 Å². The van der Waals surface area contributed by atoms with Gasteiger partial charge in [0.05, 0.1) is 0 Å². The fourth-order valence-electron chi connectivity index (χ4n) is 3.29. The Hall–Kier alpha value is -2.53. The Bertz CT molecular complexity index is 832. The van der Waals surface area contributed by atoms with Crippen molar-refractivity contribution >= 4 is 34.9 Å². The minimum atomic E-state index is 0.00552. The van der Waals surface area contributed by atoms with Crippen LogP contribution in [0, 0.1) is 5.92 Å². The van der Waals surface area contributed by atoms with E-state index in [1.807, 2.05) is 53.4 Å². The van der Waals surface area contributed by atoms with Gasteiger partial charge in [0.25, 0.3) is 0 Å². The van der Waals surface area contributed by atoms with Crippen LogP contribution in [-0.2, 0) is 11.3 Å². The normalized spacial score (nSPS) is 17.1. The van der Waals surface area contributed by atoms with Gasteiger partial charge in [-0.1, -0.05) is 23.7 Å². The second kappa shape index (κ2) is 7.61. The first-order valence-electron chi connectivity index (χ1n) is 9.32. The van der Waals surface area contributed by atoms with Gasteiger partial charge < -0.3 is 10.2 Å². The first kappa shape index (κ1) is 17.9. The van der Waals surface area contributed by atoms with Gasteiger partial charge in [-0.15, -0.1) is 0 Å². The molecular weight excluding hydrogens is 362 g/mol. The van der Waals surface area contributed by atoms with Gasteiger partial charge in [0, 0.05) is 41.9 Å². The first-order valence-corrected chi connectivity index (χ1v) is 9.70. The van der Waals surface area contributed by atoms with E-state index in [0.29, 0.717) is 18.1 Å². The van der Waals surface area contributed by atoms with E-state index >= 15 is 0 Å². The lowest BCUT2D eigenvalue weighted by Crippen LogP contribution is -2.49. The van der Waals surface area contributed by atoms with Crippen molar-refractivity contribution in [3.8, 4) is 0 Å². The highest BCUT2D eigenvalue weighted by molar-refractivity contribution is 6.30. The number of benzene rings is 2. The van der Waals surface area contributed by atoms with E-state index in [0.717, 1.165) is 42.7 Å². The smallest absolute Gasteiger partial charge is 0.324 e. The Balaban J connectivity index is 1.42. The van der Waals surface area contributed by atoms with E-state index in [1.54, 1.807) is 4.90 Å². The molecule has 6 heteroatoms. The minimum absolute atomic E-state index is 0.00552. The predicted octanol–water partition coefficient (Wildman–Crippen LogP) is 4.52. The molecule has 0 bridgehead atoms. The molecule has 0 atom stereocenters. The lowest BCUT2D eigenvalue weighted by molar-refractivity contribution is -0.117. The summed E-state index contributed by atoms with van der Waals surface area (Å²) in [4.78, 5) is 28.4. The van der Waals surface area contributed by atoms with Gasteiger partial charge in [-0.2, -0.15) is 0 Å². The number of carbonyl (C=O) groups excluding carboxylic acids is 2. The summed E-state index contributed by atoms with van der Waals surface area (Å²) in [7, 11) is 0. The van der Waals surface area contributed by atoms with E-state index in [4.69, 9.17) is 11.6 Å². The molecule has 0 aromatic heterocycles. The number of urea groups is 1. The molecule has 4 rings (SSSR count). The Labute approximate surface area is 163 Å². The van der Waals surface area contributed by atoms with Gasteiger partial charge in [0.15, 0.2) is 0 Å². The van der Waals surface area contributed by atoms with Gasteiger partial charge in [0.2, 0.25) is 5.91 Å². The van der Waals surface area contributed by atoms with Gasteiger partial charge in [-0.05, 0) is 61.2 Å². The van der Waals surface area contributed by atoms with Gasteiger partial charge >= 0.3 is 6.03 Å². The maximum Gasteiger partial charge on any atom is 0.324 e. The molecule has 1 N–H and O–H groups in total. The Morgan fingerprint density at radius 3 is 2.41 bits per heavy atom. The van der Waals surface area contributed by atoms with Gasteiger partial charge in [-0.25, -0.2) is 4.79 Å². The Morgan fingerprint density at radius 2 is 1.74 bits per heavy atom. The van der Waals surface area contributed by atoms with Gasteiger partial charge in [0.1, 0.15) is 0 Å². The molecule has 2 fully saturated rings. The number of amides is 3. The molecule has 2 aromatic rings. The summed E-state index contributed by atoms with van der Waals surface area (Å²) in [6, 6.07) is 15.1. The van der Waals surface area contributed by atoms with Crippen LogP contribution in [0.25, 0.3) is 0 Å². The van der Waals surface area contributed by atoms with Gasteiger partial charge in [-0.3, -0.25) is 9.69 Å². The quantitative estimate of drug-likeness (QED) is 0.825. The number of carbonyl (C=O) groups is 2. The van der Waals surface area contributed by atoms with E-state index < -0.39 is 0 Å². The number of hydrogen-bond acceptors (Lipinski definition) is 2. The minimum Gasteiger partial charge on any atom is -0.326 e. The maximum absolute atomic E-state index is 12.9. The van der Waals surface area contributed by atoms with Crippen LogP contribution in [-0.4, -0.2) is 29.9 Å². The molecule has 5 nitrogen and oxygen atoms in total. The fraction of sp³-hybridized carbons (Fsp3) is 0.333. The summed E-state index contributed by atoms with van der Waals surface area (Å²) < 4.78 is 0. The summed E-state index contributed by atoms with van der Waals surface area (Å²) in [5.41, 5.74) is 2.69. The number of nitrogens with zero attached hydrogens (tertiary/aromatic N) is 2. The molecule has 140 valence electrons. The highest BCUT2D eigenvalue weighted by Gasteiger charge is 2.30. The molecule has 1 saturated heterocycles. The Morgan fingerprint density at radius 1 is 1.04 bits per heavy atom. The van der Waals surface area contributed by atoms with Crippen molar-refractivity contribution in [3.05, 3.63) is 59.1 Å². The molecule has 27 heavy (non-hydrogen) atoms. The number of anilines is 2. The number of rotatable bonds is 5. The summed E-state index contributed by atoms with van der Waals surface area (Å²) in [6.07, 6.45) is 2.88. The molecule has 2 aliphatic rings. The van der Waals surface area contributed by atoms with E-state index in [2.05, 4.69) is 5.32 Å². The molecule has 0 radical (unpaired) electrons. The average Bonchev–Trinajstić information content (AvgIpc) is 3.51. The van der Waals surface area contributed by atoms with E-state index in [1.165, 1.54) is 0 Å². The predicted molar refractivity (Wildman–Crippen MR) is 107 cm³/mol. The van der Waals surface area contributed by atoms with Crippen LogP contribution in [0.3, 0.4) is 0 Å². The average molecular weight is 384 g/mol. The number of nitrogens with one attached hydrogen (secondary N) is 1. The zero-order chi connectivity index (χ0) is 18.8. The zero-order valence-electron chi connectivity index (χ0n) is 15.0. The third kappa shape index (κ3) is 4.25. The molecule has 2 aromatic carbocycles. The molecule has 0 unspecified atom stereocenters. The van der Waals surface area contributed by atoms with Crippen LogP contribution in [0.5, 0.6) is 0 Å². The lowest BCUT2D eigenvalue weighted by Gasteiger charge is -2.35. The van der Waals surface area contributed by atoms with Crippen LogP contribution >= 0.6 is 11.6 Å². The highest BCUT2D eigenvalue weighted by Crippen LogP contribution is 2.30. The lowest BCUT2D eigenvalue weighted by atomic mass is 10.1. The fourth-order valence-corrected chi connectivity index (χ4v) is 3.42. The summed E-state index contributed by atoms with van der Waals surface area (Å²) in [5, 5.41) is 3.62. The molecular formula is C21H22ClN3O2. The SMILES string of the molecule is O=C(Nc1ccc(N2CCCN(Cc3ccc(Cl)cc3)C2=O)cc1)C1CC1. The van der Waals surface area contributed by atoms with Crippen LogP contribution in [0.2, 0.25) is 5.02 Å². The highest BCUT2D eigenvalue weighted by atomic mass is 35.5. The molecule has 1 aliphatic carbocycles. The molecule has 1 heterocycles. The topological polar surface area (TPSA) is 52.7 Å². The van der Waals surface area contributed by atoms with Crippen LogP contribution < -0.4 is 10.2 Å².